The molecule has 0 saturated heterocycles. The molecule has 4 heteroatoms. The van der Waals surface area contributed by atoms with Crippen molar-refractivity contribution in [3.63, 3.8) is 0 Å². The maximum absolute atomic E-state index is 11.1. The molecule has 0 radical (unpaired) electrons. The number of carbonyl (C=O) groups is 2. The smallest absolute Gasteiger partial charge is 0.384 e. The van der Waals surface area contributed by atoms with Crippen molar-refractivity contribution in [3.05, 3.63) is 48.6 Å². The topological polar surface area (TPSA) is 52.6 Å². The van der Waals surface area contributed by atoms with Gasteiger partial charge in [0.05, 0.1) is 5.56 Å². The zero-order chi connectivity index (χ0) is 12.3. The zero-order valence-corrected chi connectivity index (χ0v) is 9.01. The van der Waals surface area contributed by atoms with Gasteiger partial charge in [-0.05, 0) is 12.1 Å². The fourth-order valence-corrected chi connectivity index (χ4v) is 1.44. The zero-order valence-electron chi connectivity index (χ0n) is 9.01. The number of hydrogen-bond acceptors (Lipinski definition) is 4. The lowest BCUT2D eigenvalue weighted by Gasteiger charge is -2.09. The van der Waals surface area contributed by atoms with Crippen LogP contribution in [0.15, 0.2) is 43.0 Å². The number of ketones is 1. The van der Waals surface area contributed by atoms with Crippen LogP contribution >= 0.6 is 0 Å². The quantitative estimate of drug-likeness (QED) is 0.449. The van der Waals surface area contributed by atoms with Gasteiger partial charge in [-0.15, -0.1) is 0 Å². The van der Waals surface area contributed by atoms with E-state index in [2.05, 4.69) is 6.58 Å². The van der Waals surface area contributed by atoms with Crippen LogP contribution in [-0.2, 0) is 14.3 Å². The van der Waals surface area contributed by atoms with E-state index in [0.29, 0.717) is 17.9 Å². The number of benzene rings is 1. The Kier molecular flexibility index (Phi) is 3.05. The highest BCUT2D eigenvalue weighted by molar-refractivity contribution is 6.43. The highest BCUT2D eigenvalue weighted by atomic mass is 16.5. The van der Waals surface area contributed by atoms with Crippen LogP contribution in [0, 0.1) is 0 Å². The van der Waals surface area contributed by atoms with Crippen molar-refractivity contribution in [2.45, 2.75) is 0 Å². The Morgan fingerprint density at radius 3 is 2.71 bits per heavy atom. The van der Waals surface area contributed by atoms with Crippen molar-refractivity contribution < 1.29 is 19.1 Å². The predicted octanol–water partition coefficient (Wildman–Crippen LogP) is 1.72. The molecule has 0 spiro atoms. The monoisotopic (exact) mass is 230 g/mol. The van der Waals surface area contributed by atoms with Crippen LogP contribution in [0.3, 0.4) is 0 Å². The molecule has 0 unspecified atom stereocenters. The third-order valence-corrected chi connectivity index (χ3v) is 2.18. The molecule has 1 heterocycles. The molecule has 0 aliphatic carbocycles. The highest BCUT2D eigenvalue weighted by Gasteiger charge is 2.26. The molecule has 1 aromatic rings. The first-order valence-corrected chi connectivity index (χ1v) is 5.03. The molecule has 17 heavy (non-hydrogen) atoms. The van der Waals surface area contributed by atoms with Gasteiger partial charge in [0.25, 0.3) is 5.78 Å². The van der Waals surface area contributed by atoms with E-state index in [9.17, 15) is 9.59 Å². The number of esters is 1. The van der Waals surface area contributed by atoms with Gasteiger partial charge in [-0.3, -0.25) is 4.79 Å². The lowest BCUT2D eigenvalue weighted by molar-refractivity contribution is -0.144. The first-order chi connectivity index (χ1) is 8.22. The average molecular weight is 230 g/mol. The molecule has 0 amide bonds. The van der Waals surface area contributed by atoms with Gasteiger partial charge in [-0.2, -0.15) is 0 Å². The number of cyclic esters (lactones) is 1. The normalized spacial score (nSPS) is 14.2. The Morgan fingerprint density at radius 1 is 1.29 bits per heavy atom. The molecule has 1 aliphatic rings. The van der Waals surface area contributed by atoms with Crippen molar-refractivity contribution in [3.8, 4) is 5.75 Å². The van der Waals surface area contributed by atoms with Gasteiger partial charge in [0.2, 0.25) is 0 Å². The Balaban J connectivity index is 2.32. The summed E-state index contributed by atoms with van der Waals surface area (Å²) in [6, 6.07) is 7.01. The standard InChI is InChI=1S/C13H10O4/c1-2-7-16-11-6-4-3-5-9(11)12-8-10(14)13(15)17-12/h2-6,8H,1,7H2. The average Bonchev–Trinajstić information content (AvgIpc) is 2.67. The van der Waals surface area contributed by atoms with Crippen LogP contribution in [-0.4, -0.2) is 18.4 Å². The summed E-state index contributed by atoms with van der Waals surface area (Å²) in [5, 5.41) is 0. The van der Waals surface area contributed by atoms with Gasteiger partial charge < -0.3 is 9.47 Å². The molecule has 86 valence electrons. The summed E-state index contributed by atoms with van der Waals surface area (Å²) in [6.45, 7) is 3.89. The van der Waals surface area contributed by atoms with Gasteiger partial charge in [0.15, 0.2) is 0 Å². The van der Waals surface area contributed by atoms with E-state index in [1.54, 1.807) is 30.3 Å². The van der Waals surface area contributed by atoms with Crippen molar-refractivity contribution in [2.75, 3.05) is 6.61 Å². The van der Waals surface area contributed by atoms with E-state index in [-0.39, 0.29) is 5.76 Å². The second kappa shape index (κ2) is 4.65. The fourth-order valence-electron chi connectivity index (χ4n) is 1.44. The van der Waals surface area contributed by atoms with Crippen LogP contribution in [0.4, 0.5) is 0 Å². The van der Waals surface area contributed by atoms with E-state index in [4.69, 9.17) is 9.47 Å². The SMILES string of the molecule is C=CCOc1ccccc1C1=CC(=O)C(=O)O1. The third-order valence-electron chi connectivity index (χ3n) is 2.18. The van der Waals surface area contributed by atoms with Gasteiger partial charge >= 0.3 is 5.97 Å². The van der Waals surface area contributed by atoms with Crippen LogP contribution in [0.2, 0.25) is 0 Å². The van der Waals surface area contributed by atoms with Crippen LogP contribution < -0.4 is 4.74 Å². The molecular weight excluding hydrogens is 220 g/mol. The summed E-state index contributed by atoms with van der Waals surface area (Å²) in [6.07, 6.45) is 2.77. The molecule has 0 bridgehead atoms. The molecule has 1 aromatic carbocycles. The summed E-state index contributed by atoms with van der Waals surface area (Å²) < 4.78 is 10.3. The summed E-state index contributed by atoms with van der Waals surface area (Å²) in [7, 11) is 0. The fraction of sp³-hybridized carbons (Fsp3) is 0.0769. The number of para-hydroxylation sites is 1. The Labute approximate surface area is 98.2 Å². The Morgan fingerprint density at radius 2 is 2.06 bits per heavy atom. The lowest BCUT2D eigenvalue weighted by Crippen LogP contribution is -2.05. The lowest BCUT2D eigenvalue weighted by atomic mass is 10.1. The molecule has 0 N–H and O–H groups in total. The summed E-state index contributed by atoms with van der Waals surface area (Å²) in [5.41, 5.74) is 0.577. The van der Waals surface area contributed by atoms with Crippen LogP contribution in [0.1, 0.15) is 5.56 Å². The second-order valence-electron chi connectivity index (χ2n) is 3.36. The molecule has 1 aliphatic heterocycles. The maximum Gasteiger partial charge on any atom is 0.384 e. The minimum absolute atomic E-state index is 0.222. The molecule has 0 aromatic heterocycles. The van der Waals surface area contributed by atoms with Crippen LogP contribution in [0.5, 0.6) is 5.75 Å². The van der Waals surface area contributed by atoms with Crippen molar-refractivity contribution in [1.29, 1.82) is 0 Å². The van der Waals surface area contributed by atoms with E-state index < -0.39 is 11.8 Å². The van der Waals surface area contributed by atoms with Gasteiger partial charge in [-0.25, -0.2) is 4.79 Å². The minimum Gasteiger partial charge on any atom is -0.489 e. The van der Waals surface area contributed by atoms with Gasteiger partial charge in [0, 0.05) is 6.08 Å². The largest absolute Gasteiger partial charge is 0.489 e. The maximum atomic E-state index is 11.1. The van der Waals surface area contributed by atoms with E-state index in [1.165, 1.54) is 6.08 Å². The summed E-state index contributed by atoms with van der Waals surface area (Å²) in [5.74, 6) is -0.752. The first-order valence-electron chi connectivity index (χ1n) is 5.03. The molecule has 0 atom stereocenters. The first kappa shape index (κ1) is 11.1. The van der Waals surface area contributed by atoms with Crippen molar-refractivity contribution >= 4 is 17.5 Å². The number of carbonyl (C=O) groups excluding carboxylic acids is 2. The summed E-state index contributed by atoms with van der Waals surface area (Å²) in [4.78, 5) is 22.1. The van der Waals surface area contributed by atoms with Crippen LogP contribution in [0.25, 0.3) is 5.76 Å². The molecule has 4 nitrogen and oxygen atoms in total. The number of hydrogen-bond donors (Lipinski definition) is 0. The van der Waals surface area contributed by atoms with Gasteiger partial charge in [-0.1, -0.05) is 24.8 Å². The number of ether oxygens (including phenoxy) is 2. The second-order valence-corrected chi connectivity index (χ2v) is 3.36. The number of rotatable bonds is 4. The van der Waals surface area contributed by atoms with Crippen molar-refractivity contribution in [2.24, 2.45) is 0 Å². The van der Waals surface area contributed by atoms with E-state index in [0.717, 1.165) is 0 Å². The third kappa shape index (κ3) is 2.25. The van der Waals surface area contributed by atoms with Gasteiger partial charge in [0.1, 0.15) is 18.1 Å². The van der Waals surface area contributed by atoms with E-state index in [1.807, 2.05) is 0 Å². The van der Waals surface area contributed by atoms with Crippen molar-refractivity contribution in [1.82, 2.24) is 0 Å². The molecule has 0 saturated carbocycles. The molecule has 2 rings (SSSR count). The molecular formula is C13H10O4. The summed E-state index contributed by atoms with van der Waals surface area (Å²) >= 11 is 0. The molecule has 0 fully saturated rings. The Hall–Kier alpha value is -2.36. The predicted molar refractivity (Wildman–Crippen MR) is 61.2 cm³/mol. The van der Waals surface area contributed by atoms with E-state index >= 15 is 0 Å². The Bertz CT molecular complexity index is 514. The highest BCUT2D eigenvalue weighted by Crippen LogP contribution is 2.29. The minimum atomic E-state index is -0.862.